The fourth-order valence-corrected chi connectivity index (χ4v) is 9.18. The van der Waals surface area contributed by atoms with Gasteiger partial charge in [0, 0.05) is 0 Å². The summed E-state index contributed by atoms with van der Waals surface area (Å²) < 4.78 is 0. The molecule has 4 aliphatic carbocycles. The molecular formula is C30H52O2. The Morgan fingerprint density at radius 3 is 2.31 bits per heavy atom. The van der Waals surface area contributed by atoms with E-state index in [-0.39, 0.29) is 17.6 Å². The smallest absolute Gasteiger partial charge is 0.0757 e. The van der Waals surface area contributed by atoms with Crippen LogP contribution in [0, 0.1) is 46.3 Å². The van der Waals surface area contributed by atoms with Gasteiger partial charge >= 0.3 is 0 Å². The molecule has 184 valence electrons. The predicted molar refractivity (Wildman–Crippen MR) is 134 cm³/mol. The lowest BCUT2D eigenvalue weighted by molar-refractivity contribution is -0.0970. The second kappa shape index (κ2) is 9.73. The first-order valence-corrected chi connectivity index (χ1v) is 14.2. The van der Waals surface area contributed by atoms with Crippen LogP contribution in [-0.2, 0) is 0 Å². The Bertz CT molecular complexity index is 668. The number of hydrogen-bond acceptors (Lipinski definition) is 2. The van der Waals surface area contributed by atoms with Crippen LogP contribution in [0.3, 0.4) is 0 Å². The van der Waals surface area contributed by atoms with Gasteiger partial charge in [-0.2, -0.15) is 0 Å². The number of rotatable bonds is 8. The summed E-state index contributed by atoms with van der Waals surface area (Å²) in [5, 5.41) is 21.6. The fraction of sp³-hybridized carbons (Fsp3) is 0.933. The summed E-state index contributed by atoms with van der Waals surface area (Å²) in [6, 6.07) is 0. The maximum absolute atomic E-state index is 11.3. The summed E-state index contributed by atoms with van der Waals surface area (Å²) in [5.74, 6) is 4.23. The predicted octanol–water partition coefficient (Wildman–Crippen LogP) is 7.53. The molecule has 4 rings (SSSR count). The van der Waals surface area contributed by atoms with Crippen molar-refractivity contribution in [2.45, 2.75) is 130 Å². The molecule has 0 saturated heterocycles. The highest BCUT2D eigenvalue weighted by Gasteiger charge is 2.61. The number of aliphatic hydroxyl groups excluding tert-OH is 2. The lowest BCUT2D eigenvalue weighted by Crippen LogP contribution is -2.54. The molecule has 3 saturated carbocycles. The Labute approximate surface area is 198 Å². The largest absolute Gasteiger partial charge is 0.393 e. The monoisotopic (exact) mass is 444 g/mol. The van der Waals surface area contributed by atoms with Gasteiger partial charge in [0.25, 0.3) is 0 Å². The number of hydrogen-bond donors (Lipinski definition) is 2. The zero-order valence-corrected chi connectivity index (χ0v) is 21.8. The maximum atomic E-state index is 11.3. The van der Waals surface area contributed by atoms with E-state index in [1.165, 1.54) is 69.8 Å². The van der Waals surface area contributed by atoms with E-state index < -0.39 is 0 Å². The van der Waals surface area contributed by atoms with Crippen molar-refractivity contribution in [3.63, 3.8) is 0 Å². The van der Waals surface area contributed by atoms with Crippen LogP contribution < -0.4 is 0 Å². The van der Waals surface area contributed by atoms with E-state index in [9.17, 15) is 10.2 Å². The third-order valence-electron chi connectivity index (χ3n) is 11.1. The highest BCUT2D eigenvalue weighted by molar-refractivity contribution is 5.27. The molecule has 0 aromatic heterocycles. The second-order valence-corrected chi connectivity index (χ2v) is 13.4. The van der Waals surface area contributed by atoms with E-state index in [2.05, 4.69) is 40.7 Å². The quantitative estimate of drug-likeness (QED) is 0.300. The minimum atomic E-state index is -0.298. The fourth-order valence-electron chi connectivity index (χ4n) is 9.18. The van der Waals surface area contributed by atoms with Gasteiger partial charge in [0.15, 0.2) is 0 Å². The Balaban J connectivity index is 1.40. The Morgan fingerprint density at radius 2 is 1.59 bits per heavy atom. The van der Waals surface area contributed by atoms with Crippen LogP contribution in [0.4, 0.5) is 0 Å². The van der Waals surface area contributed by atoms with Gasteiger partial charge in [-0.1, -0.05) is 84.8 Å². The van der Waals surface area contributed by atoms with Gasteiger partial charge in [-0.3, -0.25) is 0 Å². The Hall–Kier alpha value is -0.340. The van der Waals surface area contributed by atoms with E-state index in [0.717, 1.165) is 37.0 Å². The van der Waals surface area contributed by atoms with Gasteiger partial charge in [0.1, 0.15) is 0 Å². The lowest BCUT2D eigenvalue weighted by Gasteiger charge is -2.59. The molecule has 0 radical (unpaired) electrons. The van der Waals surface area contributed by atoms with Gasteiger partial charge in [-0.05, 0) is 91.3 Å². The molecule has 4 aliphatic rings. The average molecular weight is 445 g/mol. The van der Waals surface area contributed by atoms with Gasteiger partial charge in [-0.15, -0.1) is 0 Å². The van der Waals surface area contributed by atoms with Crippen molar-refractivity contribution in [3.05, 3.63) is 11.6 Å². The molecule has 0 aromatic carbocycles. The van der Waals surface area contributed by atoms with Crippen LogP contribution in [0.5, 0.6) is 0 Å². The number of unbranched alkanes of at least 4 members (excludes halogenated alkanes) is 3. The van der Waals surface area contributed by atoms with Crippen LogP contribution in [0.25, 0.3) is 0 Å². The molecule has 0 aliphatic heterocycles. The van der Waals surface area contributed by atoms with Gasteiger partial charge in [0.2, 0.25) is 0 Å². The Morgan fingerprint density at radius 1 is 0.875 bits per heavy atom. The molecule has 4 unspecified atom stereocenters. The average Bonchev–Trinajstić information content (AvgIpc) is 3.09. The zero-order chi connectivity index (χ0) is 23.1. The molecule has 3 fully saturated rings. The first kappa shape index (κ1) is 24.8. The van der Waals surface area contributed by atoms with Crippen molar-refractivity contribution in [2.24, 2.45) is 46.3 Å². The van der Waals surface area contributed by atoms with E-state index >= 15 is 0 Å². The molecule has 0 aromatic rings. The molecule has 9 atom stereocenters. The van der Waals surface area contributed by atoms with Crippen molar-refractivity contribution >= 4 is 0 Å². The topological polar surface area (TPSA) is 40.5 Å². The third-order valence-corrected chi connectivity index (χ3v) is 11.1. The molecule has 0 spiro atoms. The second-order valence-electron chi connectivity index (χ2n) is 13.4. The first-order valence-electron chi connectivity index (χ1n) is 14.2. The number of aliphatic hydroxyl groups is 2. The van der Waals surface area contributed by atoms with Crippen LogP contribution in [-0.4, -0.2) is 22.4 Å². The van der Waals surface area contributed by atoms with Gasteiger partial charge in [0.05, 0.1) is 12.2 Å². The van der Waals surface area contributed by atoms with Crippen LogP contribution in [0.15, 0.2) is 11.6 Å². The highest BCUT2D eigenvalue weighted by atomic mass is 16.3. The molecular weight excluding hydrogens is 392 g/mol. The van der Waals surface area contributed by atoms with Crippen molar-refractivity contribution in [1.82, 2.24) is 0 Å². The van der Waals surface area contributed by atoms with Crippen molar-refractivity contribution in [2.75, 3.05) is 0 Å². The van der Waals surface area contributed by atoms with Crippen molar-refractivity contribution in [3.8, 4) is 0 Å². The molecule has 2 N–H and O–H groups in total. The Kier molecular flexibility index (Phi) is 7.53. The molecule has 0 bridgehead atoms. The van der Waals surface area contributed by atoms with E-state index in [4.69, 9.17) is 0 Å². The van der Waals surface area contributed by atoms with Crippen molar-refractivity contribution in [1.29, 1.82) is 0 Å². The minimum absolute atomic E-state index is 0.200. The summed E-state index contributed by atoms with van der Waals surface area (Å²) in [6.45, 7) is 12.3. The SMILES string of the molecule is CC(C)CCCCCC[C@@H](C)[C@H]1CCC2C3C(O)C=C4C[C@@H](O)CC[C@]4(C)C3CC[C@@]21C. The summed E-state index contributed by atoms with van der Waals surface area (Å²) in [7, 11) is 0. The first-order chi connectivity index (χ1) is 15.2. The van der Waals surface area contributed by atoms with Crippen LogP contribution in [0.1, 0.15) is 118 Å². The maximum Gasteiger partial charge on any atom is 0.0757 e. The summed E-state index contributed by atoms with van der Waals surface area (Å²) in [5.41, 5.74) is 1.99. The van der Waals surface area contributed by atoms with E-state index in [1.54, 1.807) is 0 Å². The van der Waals surface area contributed by atoms with Crippen LogP contribution >= 0.6 is 0 Å². The zero-order valence-electron chi connectivity index (χ0n) is 21.8. The third kappa shape index (κ3) is 4.49. The summed E-state index contributed by atoms with van der Waals surface area (Å²) >= 11 is 0. The normalized spacial score (nSPS) is 44.6. The standard InChI is InChI=1S/C30H52O2/c1-20(2)10-8-6-7-9-11-21(3)24-12-13-25-28-26(15-17-30(24,25)5)29(4)16-14-23(31)18-22(29)19-27(28)32/h19-21,23-28,31-32H,6-18H2,1-5H3/t21-,23+,24-,25?,26?,27?,28?,29+,30-/m1/s1. The molecule has 32 heavy (non-hydrogen) atoms. The summed E-state index contributed by atoms with van der Waals surface area (Å²) in [4.78, 5) is 0. The summed E-state index contributed by atoms with van der Waals surface area (Å²) in [6.07, 6.45) is 18.2. The minimum Gasteiger partial charge on any atom is -0.393 e. The van der Waals surface area contributed by atoms with Gasteiger partial charge < -0.3 is 10.2 Å². The highest BCUT2D eigenvalue weighted by Crippen LogP contribution is 2.67. The van der Waals surface area contributed by atoms with E-state index in [0.29, 0.717) is 23.2 Å². The molecule has 0 amide bonds. The van der Waals surface area contributed by atoms with Gasteiger partial charge in [-0.25, -0.2) is 0 Å². The van der Waals surface area contributed by atoms with E-state index in [1.807, 2.05) is 0 Å². The molecule has 2 nitrogen and oxygen atoms in total. The number of fused-ring (bicyclic) bond motifs is 5. The van der Waals surface area contributed by atoms with Crippen LogP contribution in [0.2, 0.25) is 0 Å². The molecule has 0 heterocycles. The lowest BCUT2D eigenvalue weighted by atomic mass is 9.46. The molecule has 2 heteroatoms. The van der Waals surface area contributed by atoms with Crippen molar-refractivity contribution < 1.29 is 10.2 Å².